The first-order valence-electron chi connectivity index (χ1n) is 7.04. The van der Waals surface area contributed by atoms with Gasteiger partial charge in [0.25, 0.3) is 0 Å². The predicted molar refractivity (Wildman–Crippen MR) is 82.1 cm³/mol. The minimum absolute atomic E-state index is 0.565. The van der Waals surface area contributed by atoms with Crippen molar-refractivity contribution in [1.29, 1.82) is 0 Å². The molecule has 1 heterocycles. The minimum atomic E-state index is 0.565. The van der Waals surface area contributed by atoms with Crippen LogP contribution in [0.1, 0.15) is 24.5 Å². The van der Waals surface area contributed by atoms with Gasteiger partial charge < -0.3 is 14.8 Å². The maximum absolute atomic E-state index is 5.43. The van der Waals surface area contributed by atoms with Crippen molar-refractivity contribution in [3.8, 4) is 22.9 Å². The number of nitrogens with zero attached hydrogens (tertiary/aromatic N) is 2. The summed E-state index contributed by atoms with van der Waals surface area (Å²) in [4.78, 5) is 9.27. The molecule has 5 heteroatoms. The molecule has 0 saturated heterocycles. The number of methoxy groups -OCH3 is 2. The molecular weight excluding hydrogens is 266 g/mol. The summed E-state index contributed by atoms with van der Waals surface area (Å²) in [6.45, 7) is 0. The van der Waals surface area contributed by atoms with Crippen LogP contribution >= 0.6 is 0 Å². The molecule has 0 bridgehead atoms. The van der Waals surface area contributed by atoms with Crippen molar-refractivity contribution in [2.45, 2.75) is 18.8 Å². The standard InChI is InChI=1S/C16H19N3O2/c1-17-15-9-13(10-4-5-10)18-16(19-15)12-8-11(20-2)6-7-14(12)21-3/h6-10H,4-5H2,1-3H3,(H,17,18,19). The highest BCUT2D eigenvalue weighted by atomic mass is 16.5. The minimum Gasteiger partial charge on any atom is -0.497 e. The van der Waals surface area contributed by atoms with E-state index in [4.69, 9.17) is 14.5 Å². The first-order valence-corrected chi connectivity index (χ1v) is 7.04. The van der Waals surface area contributed by atoms with Crippen molar-refractivity contribution in [2.24, 2.45) is 0 Å². The van der Waals surface area contributed by atoms with Crippen LogP contribution in [0.4, 0.5) is 5.82 Å². The maximum atomic E-state index is 5.43. The number of benzene rings is 1. The highest BCUT2D eigenvalue weighted by molar-refractivity contribution is 5.67. The third-order valence-electron chi connectivity index (χ3n) is 3.65. The summed E-state index contributed by atoms with van der Waals surface area (Å²) >= 11 is 0. The molecule has 2 aromatic rings. The van der Waals surface area contributed by atoms with Gasteiger partial charge in [-0.25, -0.2) is 9.97 Å². The van der Waals surface area contributed by atoms with Gasteiger partial charge in [0, 0.05) is 24.7 Å². The molecule has 5 nitrogen and oxygen atoms in total. The Morgan fingerprint density at radius 3 is 2.52 bits per heavy atom. The Labute approximate surface area is 124 Å². The van der Waals surface area contributed by atoms with Crippen LogP contribution in [-0.4, -0.2) is 31.2 Å². The molecule has 0 atom stereocenters. The zero-order valence-electron chi connectivity index (χ0n) is 12.5. The molecule has 0 unspecified atom stereocenters. The van der Waals surface area contributed by atoms with Gasteiger partial charge in [-0.1, -0.05) is 0 Å². The van der Waals surface area contributed by atoms with E-state index in [1.165, 1.54) is 12.8 Å². The van der Waals surface area contributed by atoms with Crippen LogP contribution in [0.25, 0.3) is 11.4 Å². The molecule has 0 amide bonds. The van der Waals surface area contributed by atoms with Crippen molar-refractivity contribution in [3.63, 3.8) is 0 Å². The lowest BCUT2D eigenvalue weighted by molar-refractivity contribution is 0.404. The van der Waals surface area contributed by atoms with Crippen LogP contribution in [0, 0.1) is 0 Å². The molecule has 0 aliphatic heterocycles. The zero-order chi connectivity index (χ0) is 14.8. The van der Waals surface area contributed by atoms with E-state index >= 15 is 0 Å². The molecule has 0 spiro atoms. The third kappa shape index (κ3) is 2.77. The lowest BCUT2D eigenvalue weighted by atomic mass is 10.1. The number of hydrogen-bond acceptors (Lipinski definition) is 5. The molecule has 3 rings (SSSR count). The van der Waals surface area contributed by atoms with Crippen LogP contribution in [0.2, 0.25) is 0 Å². The fourth-order valence-electron chi connectivity index (χ4n) is 2.29. The first kappa shape index (κ1) is 13.7. The SMILES string of the molecule is CNc1cc(C2CC2)nc(-c2cc(OC)ccc2OC)n1. The number of hydrogen-bond donors (Lipinski definition) is 1. The monoisotopic (exact) mass is 285 g/mol. The van der Waals surface area contributed by atoms with Crippen LogP contribution in [0.3, 0.4) is 0 Å². The smallest absolute Gasteiger partial charge is 0.165 e. The van der Waals surface area contributed by atoms with E-state index in [1.807, 2.05) is 31.3 Å². The number of ether oxygens (including phenoxy) is 2. The largest absolute Gasteiger partial charge is 0.497 e. The van der Waals surface area contributed by atoms with Crippen molar-refractivity contribution >= 4 is 5.82 Å². The van der Waals surface area contributed by atoms with Gasteiger partial charge in [-0.3, -0.25) is 0 Å². The Hall–Kier alpha value is -2.30. The molecular formula is C16H19N3O2. The topological polar surface area (TPSA) is 56.3 Å². The second-order valence-corrected chi connectivity index (χ2v) is 5.09. The molecule has 1 aliphatic rings. The van der Waals surface area contributed by atoms with Gasteiger partial charge in [-0.15, -0.1) is 0 Å². The Balaban J connectivity index is 2.12. The van der Waals surface area contributed by atoms with Gasteiger partial charge in [-0.05, 0) is 31.0 Å². The summed E-state index contributed by atoms with van der Waals surface area (Å²) in [6.07, 6.45) is 2.41. The average molecular weight is 285 g/mol. The van der Waals surface area contributed by atoms with E-state index in [0.29, 0.717) is 11.7 Å². The van der Waals surface area contributed by atoms with Crippen LogP contribution in [0.15, 0.2) is 24.3 Å². The van der Waals surface area contributed by atoms with Crippen LogP contribution in [-0.2, 0) is 0 Å². The lowest BCUT2D eigenvalue weighted by Gasteiger charge is -2.12. The van der Waals surface area contributed by atoms with Gasteiger partial charge >= 0.3 is 0 Å². The van der Waals surface area contributed by atoms with E-state index in [-0.39, 0.29) is 0 Å². The van der Waals surface area contributed by atoms with E-state index < -0.39 is 0 Å². The average Bonchev–Trinajstić information content (AvgIpc) is 3.38. The molecule has 1 aromatic carbocycles. The van der Waals surface area contributed by atoms with Gasteiger partial charge in [-0.2, -0.15) is 0 Å². The highest BCUT2D eigenvalue weighted by Gasteiger charge is 2.26. The van der Waals surface area contributed by atoms with Crippen molar-refractivity contribution < 1.29 is 9.47 Å². The van der Waals surface area contributed by atoms with E-state index in [2.05, 4.69) is 10.3 Å². The van der Waals surface area contributed by atoms with E-state index in [1.54, 1.807) is 14.2 Å². The number of aromatic nitrogens is 2. The highest BCUT2D eigenvalue weighted by Crippen LogP contribution is 2.41. The number of anilines is 1. The van der Waals surface area contributed by atoms with Gasteiger partial charge in [0.15, 0.2) is 5.82 Å². The maximum Gasteiger partial charge on any atom is 0.165 e. The second kappa shape index (κ2) is 5.60. The van der Waals surface area contributed by atoms with Crippen molar-refractivity contribution in [1.82, 2.24) is 9.97 Å². The summed E-state index contributed by atoms with van der Waals surface area (Å²) in [5, 5.41) is 3.10. The van der Waals surface area contributed by atoms with Crippen LogP contribution in [0.5, 0.6) is 11.5 Å². The normalized spacial score (nSPS) is 13.9. The Morgan fingerprint density at radius 2 is 1.90 bits per heavy atom. The summed E-state index contributed by atoms with van der Waals surface area (Å²) in [5.41, 5.74) is 1.94. The quantitative estimate of drug-likeness (QED) is 0.915. The summed E-state index contributed by atoms with van der Waals surface area (Å²) < 4.78 is 10.7. The fourth-order valence-corrected chi connectivity index (χ4v) is 2.29. The molecule has 21 heavy (non-hydrogen) atoms. The zero-order valence-corrected chi connectivity index (χ0v) is 12.5. The second-order valence-electron chi connectivity index (χ2n) is 5.09. The van der Waals surface area contributed by atoms with Gasteiger partial charge in [0.2, 0.25) is 0 Å². The summed E-state index contributed by atoms with van der Waals surface area (Å²) in [7, 11) is 5.16. The van der Waals surface area contributed by atoms with Crippen LogP contribution < -0.4 is 14.8 Å². The Kier molecular flexibility index (Phi) is 3.64. The van der Waals surface area contributed by atoms with E-state index in [9.17, 15) is 0 Å². The predicted octanol–water partition coefficient (Wildman–Crippen LogP) is 3.08. The fraction of sp³-hybridized carbons (Fsp3) is 0.375. The van der Waals surface area contributed by atoms with Crippen molar-refractivity contribution in [2.75, 3.05) is 26.6 Å². The number of rotatable bonds is 5. The Bertz CT molecular complexity index is 654. The molecule has 1 N–H and O–H groups in total. The molecule has 1 fully saturated rings. The summed E-state index contributed by atoms with van der Waals surface area (Å²) in [5.74, 6) is 3.56. The third-order valence-corrected chi connectivity index (χ3v) is 3.65. The molecule has 0 radical (unpaired) electrons. The lowest BCUT2D eigenvalue weighted by Crippen LogP contribution is -2.01. The molecule has 1 saturated carbocycles. The molecule has 1 aliphatic carbocycles. The molecule has 110 valence electrons. The van der Waals surface area contributed by atoms with Gasteiger partial charge in [0.05, 0.1) is 19.8 Å². The van der Waals surface area contributed by atoms with Crippen molar-refractivity contribution in [3.05, 3.63) is 30.0 Å². The first-order chi connectivity index (χ1) is 10.2. The van der Waals surface area contributed by atoms with Gasteiger partial charge in [0.1, 0.15) is 17.3 Å². The van der Waals surface area contributed by atoms with E-state index in [0.717, 1.165) is 28.6 Å². The molecule has 1 aromatic heterocycles. The summed E-state index contributed by atoms with van der Waals surface area (Å²) in [6, 6.07) is 7.67. The Morgan fingerprint density at radius 1 is 1.10 bits per heavy atom. The number of nitrogens with one attached hydrogen (secondary N) is 1.